The fraction of sp³-hybridized carbons (Fsp3) is 0. The number of benzene rings is 1. The lowest BCUT2D eigenvalue weighted by atomic mass is 10.2. The zero-order chi connectivity index (χ0) is 10.1. The minimum Gasteiger partial charge on any atom is -0.366 e. The number of anilines is 1. The largest absolute Gasteiger partial charge is 0.366 e. The fourth-order valence-electron chi connectivity index (χ4n) is 1.08. The van der Waals surface area contributed by atoms with E-state index in [0.29, 0.717) is 0 Å². The van der Waals surface area contributed by atoms with E-state index in [1.54, 1.807) is 12.1 Å². The molecule has 1 aromatic carbocycles. The summed E-state index contributed by atoms with van der Waals surface area (Å²) in [4.78, 5) is 3.80. The van der Waals surface area contributed by atoms with Crippen molar-refractivity contribution in [3.8, 4) is 11.4 Å². The highest BCUT2D eigenvalue weighted by molar-refractivity contribution is 6.31. The molecule has 0 aliphatic heterocycles. The molecule has 3 N–H and O–H groups in total. The van der Waals surface area contributed by atoms with E-state index in [9.17, 15) is 4.39 Å². The number of aromatic nitrogens is 3. The fourth-order valence-corrected chi connectivity index (χ4v) is 1.26. The van der Waals surface area contributed by atoms with Crippen molar-refractivity contribution in [1.29, 1.82) is 0 Å². The Morgan fingerprint density at radius 1 is 1.43 bits per heavy atom. The van der Waals surface area contributed by atoms with Gasteiger partial charge in [0.25, 0.3) is 0 Å². The molecule has 72 valence electrons. The van der Waals surface area contributed by atoms with Gasteiger partial charge in [0.15, 0.2) is 11.6 Å². The van der Waals surface area contributed by atoms with Crippen molar-refractivity contribution in [3.05, 3.63) is 29.0 Å². The third-order valence-corrected chi connectivity index (χ3v) is 2.00. The molecule has 2 rings (SSSR count). The number of hydrogen-bond donors (Lipinski definition) is 2. The van der Waals surface area contributed by atoms with Crippen molar-refractivity contribution in [1.82, 2.24) is 15.2 Å². The van der Waals surface area contributed by atoms with Gasteiger partial charge < -0.3 is 5.73 Å². The van der Waals surface area contributed by atoms with Crippen LogP contribution in [0.1, 0.15) is 0 Å². The van der Waals surface area contributed by atoms with Gasteiger partial charge >= 0.3 is 0 Å². The van der Waals surface area contributed by atoms with Crippen molar-refractivity contribution < 1.29 is 4.39 Å². The molecule has 0 fully saturated rings. The minimum absolute atomic E-state index is 0.0393. The van der Waals surface area contributed by atoms with Crippen molar-refractivity contribution in [2.45, 2.75) is 0 Å². The average Bonchev–Trinajstić information content (AvgIpc) is 2.57. The molecule has 0 bridgehead atoms. The lowest BCUT2D eigenvalue weighted by Gasteiger charge is -1.99. The summed E-state index contributed by atoms with van der Waals surface area (Å²) in [5.41, 5.74) is 5.55. The Labute approximate surface area is 83.9 Å². The summed E-state index contributed by atoms with van der Waals surface area (Å²) < 4.78 is 13.4. The summed E-state index contributed by atoms with van der Waals surface area (Å²) in [5.74, 6) is -0.202. The number of nitrogens with one attached hydrogen (secondary N) is 1. The third kappa shape index (κ3) is 1.42. The first kappa shape index (κ1) is 8.96. The van der Waals surface area contributed by atoms with Crippen molar-refractivity contribution >= 4 is 17.5 Å². The van der Waals surface area contributed by atoms with Crippen LogP contribution in [0.5, 0.6) is 0 Å². The van der Waals surface area contributed by atoms with E-state index in [4.69, 9.17) is 17.3 Å². The molecule has 0 unspecified atom stereocenters. The van der Waals surface area contributed by atoms with E-state index in [-0.39, 0.29) is 22.4 Å². The highest BCUT2D eigenvalue weighted by Crippen LogP contribution is 2.24. The highest BCUT2D eigenvalue weighted by Gasteiger charge is 2.11. The zero-order valence-electron chi connectivity index (χ0n) is 6.96. The van der Waals surface area contributed by atoms with Gasteiger partial charge in [0.1, 0.15) is 0 Å². The maximum absolute atomic E-state index is 13.4. The first-order valence-electron chi connectivity index (χ1n) is 3.81. The van der Waals surface area contributed by atoms with Crippen molar-refractivity contribution in [2.75, 3.05) is 5.73 Å². The monoisotopic (exact) mass is 212 g/mol. The van der Waals surface area contributed by atoms with Crippen LogP contribution in [-0.4, -0.2) is 15.2 Å². The van der Waals surface area contributed by atoms with E-state index >= 15 is 0 Å². The molecular formula is C8H6ClFN4. The summed E-state index contributed by atoms with van der Waals surface area (Å²) in [6.07, 6.45) is 0. The third-order valence-electron chi connectivity index (χ3n) is 1.71. The molecule has 14 heavy (non-hydrogen) atoms. The van der Waals surface area contributed by atoms with E-state index in [1.807, 2.05) is 0 Å². The molecule has 6 heteroatoms. The molecule has 1 aromatic heterocycles. The highest BCUT2D eigenvalue weighted by atomic mass is 35.5. The van der Waals surface area contributed by atoms with Gasteiger partial charge in [0.2, 0.25) is 5.95 Å². The van der Waals surface area contributed by atoms with E-state index in [2.05, 4.69) is 15.2 Å². The van der Waals surface area contributed by atoms with E-state index in [1.165, 1.54) is 6.07 Å². The molecule has 0 radical (unpaired) electrons. The van der Waals surface area contributed by atoms with Gasteiger partial charge in [-0.1, -0.05) is 17.7 Å². The van der Waals surface area contributed by atoms with Crippen LogP contribution in [0.15, 0.2) is 18.2 Å². The Morgan fingerprint density at radius 3 is 2.86 bits per heavy atom. The maximum atomic E-state index is 13.4. The molecule has 1 heterocycles. The first-order valence-corrected chi connectivity index (χ1v) is 4.18. The lowest BCUT2D eigenvalue weighted by molar-refractivity contribution is 0.630. The topological polar surface area (TPSA) is 67.6 Å². The lowest BCUT2D eigenvalue weighted by Crippen LogP contribution is -1.88. The van der Waals surface area contributed by atoms with Crippen LogP contribution in [0.2, 0.25) is 5.02 Å². The predicted molar refractivity (Wildman–Crippen MR) is 51.2 cm³/mol. The van der Waals surface area contributed by atoms with Crippen LogP contribution in [-0.2, 0) is 0 Å². The number of aromatic amines is 1. The number of nitrogens with zero attached hydrogens (tertiary/aromatic N) is 2. The summed E-state index contributed by atoms with van der Waals surface area (Å²) in [6.45, 7) is 0. The van der Waals surface area contributed by atoms with E-state index < -0.39 is 5.82 Å². The summed E-state index contributed by atoms with van der Waals surface area (Å²) in [7, 11) is 0. The molecule has 4 nitrogen and oxygen atoms in total. The van der Waals surface area contributed by atoms with Crippen LogP contribution >= 0.6 is 11.6 Å². The Balaban J connectivity index is 2.57. The van der Waals surface area contributed by atoms with Gasteiger partial charge in [0, 0.05) is 0 Å². The van der Waals surface area contributed by atoms with Crippen LogP contribution in [0.3, 0.4) is 0 Å². The SMILES string of the molecule is Nc1n[nH]c(-c2cccc(Cl)c2F)n1. The molecule has 2 aromatic rings. The maximum Gasteiger partial charge on any atom is 0.239 e. The molecular weight excluding hydrogens is 207 g/mol. The van der Waals surface area contributed by atoms with Crippen LogP contribution in [0.4, 0.5) is 10.3 Å². The second-order valence-electron chi connectivity index (χ2n) is 2.64. The number of nitrogens with two attached hydrogens (primary N) is 1. The molecule has 0 amide bonds. The molecule has 0 saturated heterocycles. The van der Waals surface area contributed by atoms with Crippen LogP contribution < -0.4 is 5.73 Å². The average molecular weight is 213 g/mol. The van der Waals surface area contributed by atoms with Crippen molar-refractivity contribution in [3.63, 3.8) is 0 Å². The van der Waals surface area contributed by atoms with Gasteiger partial charge in [-0.15, -0.1) is 5.10 Å². The number of halogens is 2. The Kier molecular flexibility index (Phi) is 2.09. The van der Waals surface area contributed by atoms with E-state index in [0.717, 1.165) is 0 Å². The molecule has 0 atom stereocenters. The minimum atomic E-state index is -0.537. The molecule has 0 spiro atoms. The zero-order valence-corrected chi connectivity index (χ0v) is 7.72. The summed E-state index contributed by atoms with van der Waals surface area (Å²) in [5, 5.41) is 6.14. The van der Waals surface area contributed by atoms with Gasteiger partial charge in [-0.25, -0.2) is 4.39 Å². The number of nitrogen functional groups attached to an aromatic ring is 1. The Hall–Kier alpha value is -1.62. The standard InChI is InChI=1S/C8H6ClFN4/c9-5-3-1-2-4(6(5)10)7-12-8(11)14-13-7/h1-3H,(H3,11,12,13,14). The van der Waals surface area contributed by atoms with Gasteiger partial charge in [-0.05, 0) is 12.1 Å². The predicted octanol–water partition coefficient (Wildman–Crippen LogP) is 1.85. The molecule has 0 aliphatic carbocycles. The number of H-pyrrole nitrogens is 1. The van der Waals surface area contributed by atoms with Crippen LogP contribution in [0, 0.1) is 5.82 Å². The van der Waals surface area contributed by atoms with Crippen molar-refractivity contribution in [2.24, 2.45) is 0 Å². The Morgan fingerprint density at radius 2 is 2.21 bits per heavy atom. The second kappa shape index (κ2) is 3.26. The smallest absolute Gasteiger partial charge is 0.239 e. The van der Waals surface area contributed by atoms with Gasteiger partial charge in [-0.3, -0.25) is 5.10 Å². The normalized spacial score (nSPS) is 10.4. The summed E-state index contributed by atoms with van der Waals surface area (Å²) in [6, 6.07) is 4.63. The van der Waals surface area contributed by atoms with Gasteiger partial charge in [-0.2, -0.15) is 4.98 Å². The first-order chi connectivity index (χ1) is 6.68. The molecule has 0 saturated carbocycles. The second-order valence-corrected chi connectivity index (χ2v) is 3.05. The number of hydrogen-bond acceptors (Lipinski definition) is 3. The van der Waals surface area contributed by atoms with Gasteiger partial charge in [0.05, 0.1) is 10.6 Å². The molecule has 0 aliphatic rings. The summed E-state index contributed by atoms with van der Waals surface area (Å²) >= 11 is 5.60. The quantitative estimate of drug-likeness (QED) is 0.758. The van der Waals surface area contributed by atoms with Crippen LogP contribution in [0.25, 0.3) is 11.4 Å². The Bertz CT molecular complexity index is 468. The number of rotatable bonds is 1.